The zero-order valence-electron chi connectivity index (χ0n) is 11.8. The number of hydrogen-bond acceptors (Lipinski definition) is 2. The molecule has 5 heteroatoms. The third-order valence-corrected chi connectivity index (χ3v) is 4.37. The topological polar surface area (TPSA) is 32.3 Å². The van der Waals surface area contributed by atoms with Crippen LogP contribution >= 0.6 is 23.2 Å². The molecule has 0 radical (unpaired) electrons. The standard InChI is InChI=1S/C15H20Cl2N2O/c1-10-4-3-7-19(9-10)11(2)15(20)18-14-8-12(16)5-6-13(14)17/h5-6,8,10-11H,3-4,7,9H2,1-2H3,(H,18,20). The predicted molar refractivity (Wildman–Crippen MR) is 84.5 cm³/mol. The summed E-state index contributed by atoms with van der Waals surface area (Å²) < 4.78 is 0. The van der Waals surface area contributed by atoms with Crippen LogP contribution in [0.5, 0.6) is 0 Å². The average Bonchev–Trinajstić information content (AvgIpc) is 2.42. The van der Waals surface area contributed by atoms with Crippen molar-refractivity contribution >= 4 is 34.8 Å². The molecule has 1 aromatic carbocycles. The van der Waals surface area contributed by atoms with Gasteiger partial charge in [-0.3, -0.25) is 9.69 Å². The van der Waals surface area contributed by atoms with Crippen LogP contribution in [0.1, 0.15) is 26.7 Å². The Bertz CT molecular complexity index is 493. The normalized spacial score (nSPS) is 21.5. The third kappa shape index (κ3) is 3.87. The molecule has 20 heavy (non-hydrogen) atoms. The number of hydrogen-bond donors (Lipinski definition) is 1. The monoisotopic (exact) mass is 314 g/mol. The number of carbonyl (C=O) groups excluding carboxylic acids is 1. The molecule has 2 unspecified atom stereocenters. The molecule has 1 aromatic rings. The first-order valence-electron chi connectivity index (χ1n) is 6.97. The maximum absolute atomic E-state index is 12.3. The Morgan fingerprint density at radius 1 is 1.45 bits per heavy atom. The van der Waals surface area contributed by atoms with Crippen LogP contribution in [0.25, 0.3) is 0 Å². The smallest absolute Gasteiger partial charge is 0.241 e. The fraction of sp³-hybridized carbons (Fsp3) is 0.533. The summed E-state index contributed by atoms with van der Waals surface area (Å²) in [5.41, 5.74) is 0.570. The number of halogens is 2. The van der Waals surface area contributed by atoms with Gasteiger partial charge in [-0.25, -0.2) is 0 Å². The van der Waals surface area contributed by atoms with Gasteiger partial charge in [-0.1, -0.05) is 30.1 Å². The van der Waals surface area contributed by atoms with Gasteiger partial charge in [0.25, 0.3) is 0 Å². The number of nitrogens with zero attached hydrogens (tertiary/aromatic N) is 1. The summed E-state index contributed by atoms with van der Waals surface area (Å²) in [5.74, 6) is 0.608. The van der Waals surface area contributed by atoms with Gasteiger partial charge in [0.05, 0.1) is 16.8 Å². The van der Waals surface area contributed by atoms with Gasteiger partial charge < -0.3 is 5.32 Å². The minimum atomic E-state index is -0.159. The molecule has 1 saturated heterocycles. The molecular formula is C15H20Cl2N2O. The van der Waals surface area contributed by atoms with Gasteiger partial charge in [-0.15, -0.1) is 0 Å². The van der Waals surface area contributed by atoms with E-state index in [2.05, 4.69) is 17.1 Å². The van der Waals surface area contributed by atoms with E-state index in [0.29, 0.717) is 21.7 Å². The Morgan fingerprint density at radius 3 is 2.90 bits per heavy atom. The minimum Gasteiger partial charge on any atom is -0.323 e. The first-order chi connectivity index (χ1) is 9.47. The van der Waals surface area contributed by atoms with Crippen LogP contribution < -0.4 is 5.32 Å². The van der Waals surface area contributed by atoms with Gasteiger partial charge in [0.1, 0.15) is 0 Å². The lowest BCUT2D eigenvalue weighted by Crippen LogP contribution is -2.46. The first kappa shape index (κ1) is 15.6. The van der Waals surface area contributed by atoms with Gasteiger partial charge in [-0.2, -0.15) is 0 Å². The van der Waals surface area contributed by atoms with Crippen LogP contribution in [-0.2, 0) is 4.79 Å². The Balaban J connectivity index is 2.02. The number of carbonyl (C=O) groups is 1. The number of likely N-dealkylation sites (tertiary alicyclic amines) is 1. The van der Waals surface area contributed by atoms with Crippen molar-refractivity contribution in [3.8, 4) is 0 Å². The maximum atomic E-state index is 12.3. The summed E-state index contributed by atoms with van der Waals surface area (Å²) in [5, 5.41) is 3.93. The van der Waals surface area contributed by atoms with Crippen molar-refractivity contribution in [2.24, 2.45) is 5.92 Å². The molecule has 1 fully saturated rings. The molecule has 0 aromatic heterocycles. The Morgan fingerprint density at radius 2 is 2.20 bits per heavy atom. The number of benzene rings is 1. The molecule has 0 spiro atoms. The van der Waals surface area contributed by atoms with Crippen LogP contribution in [-0.4, -0.2) is 29.9 Å². The van der Waals surface area contributed by atoms with E-state index in [1.165, 1.54) is 6.42 Å². The Labute approximate surface area is 130 Å². The molecule has 110 valence electrons. The molecule has 0 saturated carbocycles. The van der Waals surface area contributed by atoms with Crippen molar-refractivity contribution in [2.45, 2.75) is 32.7 Å². The molecule has 0 aliphatic carbocycles. The van der Waals surface area contributed by atoms with E-state index in [9.17, 15) is 4.79 Å². The second-order valence-electron chi connectivity index (χ2n) is 5.53. The predicted octanol–water partition coefficient (Wildman–Crippen LogP) is 4.05. The average molecular weight is 315 g/mol. The molecule has 1 N–H and O–H groups in total. The van der Waals surface area contributed by atoms with Crippen molar-refractivity contribution < 1.29 is 4.79 Å². The molecule has 1 aliphatic heterocycles. The van der Waals surface area contributed by atoms with Gasteiger partial charge in [0, 0.05) is 11.6 Å². The van der Waals surface area contributed by atoms with Crippen LogP contribution in [0.15, 0.2) is 18.2 Å². The van der Waals surface area contributed by atoms with E-state index in [1.54, 1.807) is 18.2 Å². The molecule has 1 aliphatic rings. The number of anilines is 1. The highest BCUT2D eigenvalue weighted by atomic mass is 35.5. The third-order valence-electron chi connectivity index (χ3n) is 3.80. The van der Waals surface area contributed by atoms with Gasteiger partial charge in [0.2, 0.25) is 5.91 Å². The molecule has 2 atom stereocenters. The lowest BCUT2D eigenvalue weighted by molar-refractivity contribution is -0.121. The van der Waals surface area contributed by atoms with Crippen molar-refractivity contribution in [3.63, 3.8) is 0 Å². The highest BCUT2D eigenvalue weighted by Crippen LogP contribution is 2.26. The molecule has 1 amide bonds. The van der Waals surface area contributed by atoms with Crippen LogP contribution in [0, 0.1) is 5.92 Å². The molecule has 2 rings (SSSR count). The number of rotatable bonds is 3. The second-order valence-corrected chi connectivity index (χ2v) is 6.38. The number of nitrogens with one attached hydrogen (secondary N) is 1. The van der Waals surface area contributed by atoms with E-state index >= 15 is 0 Å². The summed E-state index contributed by atoms with van der Waals surface area (Å²) >= 11 is 12.0. The Kier molecular flexibility index (Phi) is 5.30. The van der Waals surface area contributed by atoms with Gasteiger partial charge in [0.15, 0.2) is 0 Å². The van der Waals surface area contributed by atoms with E-state index < -0.39 is 0 Å². The number of piperidine rings is 1. The lowest BCUT2D eigenvalue weighted by atomic mass is 9.99. The highest BCUT2D eigenvalue weighted by molar-refractivity contribution is 6.35. The van der Waals surface area contributed by atoms with Crippen molar-refractivity contribution in [3.05, 3.63) is 28.2 Å². The summed E-state index contributed by atoms with van der Waals surface area (Å²) in [6.45, 7) is 6.11. The van der Waals surface area contributed by atoms with Gasteiger partial charge >= 0.3 is 0 Å². The van der Waals surface area contributed by atoms with Crippen molar-refractivity contribution in [1.82, 2.24) is 4.90 Å². The minimum absolute atomic E-state index is 0.0386. The van der Waals surface area contributed by atoms with Crippen molar-refractivity contribution in [1.29, 1.82) is 0 Å². The molecule has 1 heterocycles. The summed E-state index contributed by atoms with van der Waals surface area (Å²) in [6.07, 6.45) is 2.39. The second kappa shape index (κ2) is 6.79. The summed E-state index contributed by atoms with van der Waals surface area (Å²) in [7, 11) is 0. The quantitative estimate of drug-likeness (QED) is 0.912. The first-order valence-corrected chi connectivity index (χ1v) is 7.73. The van der Waals surface area contributed by atoms with Crippen molar-refractivity contribution in [2.75, 3.05) is 18.4 Å². The van der Waals surface area contributed by atoms with Crippen LogP contribution in [0.2, 0.25) is 10.0 Å². The van der Waals surface area contributed by atoms with E-state index in [1.807, 2.05) is 6.92 Å². The molecule has 0 bridgehead atoms. The Hall–Kier alpha value is -0.770. The number of amides is 1. The molecule has 3 nitrogen and oxygen atoms in total. The summed E-state index contributed by atoms with van der Waals surface area (Å²) in [4.78, 5) is 14.6. The maximum Gasteiger partial charge on any atom is 0.241 e. The van der Waals surface area contributed by atoms with Crippen LogP contribution in [0.4, 0.5) is 5.69 Å². The van der Waals surface area contributed by atoms with E-state index in [0.717, 1.165) is 19.5 Å². The fourth-order valence-corrected chi connectivity index (χ4v) is 2.91. The zero-order chi connectivity index (χ0) is 14.7. The van der Waals surface area contributed by atoms with E-state index in [-0.39, 0.29) is 11.9 Å². The SMILES string of the molecule is CC1CCCN(C(C)C(=O)Nc2cc(Cl)ccc2Cl)C1. The highest BCUT2D eigenvalue weighted by Gasteiger charge is 2.25. The van der Waals surface area contributed by atoms with Gasteiger partial charge in [-0.05, 0) is 50.4 Å². The van der Waals surface area contributed by atoms with Crippen LogP contribution in [0.3, 0.4) is 0 Å². The summed E-state index contributed by atoms with van der Waals surface area (Å²) in [6, 6.07) is 4.91. The molecular weight excluding hydrogens is 295 g/mol. The zero-order valence-corrected chi connectivity index (χ0v) is 13.3. The lowest BCUT2D eigenvalue weighted by Gasteiger charge is -2.34. The fourth-order valence-electron chi connectivity index (χ4n) is 2.57. The largest absolute Gasteiger partial charge is 0.323 e. The van der Waals surface area contributed by atoms with E-state index in [4.69, 9.17) is 23.2 Å².